The van der Waals surface area contributed by atoms with Gasteiger partial charge in [0.05, 0.1) is 13.0 Å². The second kappa shape index (κ2) is 4.63. The molecule has 0 unspecified atom stereocenters. The molecule has 2 atom stereocenters. The van der Waals surface area contributed by atoms with Crippen LogP contribution in [0.4, 0.5) is 0 Å². The van der Waals surface area contributed by atoms with E-state index in [1.165, 1.54) is 12.7 Å². The maximum Gasteiger partial charge on any atom is 0.312 e. The van der Waals surface area contributed by atoms with E-state index in [1.807, 2.05) is 0 Å². The highest BCUT2D eigenvalue weighted by atomic mass is 16.5. The van der Waals surface area contributed by atoms with Crippen molar-refractivity contribution in [1.29, 1.82) is 0 Å². The molecular weight excluding hydrogens is 176 g/mol. The monoisotopic (exact) mass is 196 g/mol. The summed E-state index contributed by atoms with van der Waals surface area (Å²) in [5.41, 5.74) is 1.32. The molecule has 80 valence electrons. The number of esters is 1. The average molecular weight is 196 g/mol. The van der Waals surface area contributed by atoms with E-state index in [0.717, 1.165) is 12.8 Å². The molecule has 0 spiro atoms. The number of methoxy groups -OCH3 is 1. The van der Waals surface area contributed by atoms with Gasteiger partial charge in [0.1, 0.15) is 0 Å². The second-order valence-corrected chi connectivity index (χ2v) is 4.51. The number of ether oxygens (including phenoxy) is 1. The molecule has 1 rings (SSSR count). The molecule has 0 bridgehead atoms. The normalized spacial score (nSPS) is 27.4. The summed E-state index contributed by atoms with van der Waals surface area (Å²) in [7, 11) is 1.47. The molecule has 0 fully saturated rings. The maximum atomic E-state index is 11.6. The Bertz CT molecular complexity index is 241. The van der Waals surface area contributed by atoms with Gasteiger partial charge >= 0.3 is 5.97 Å². The van der Waals surface area contributed by atoms with Crippen molar-refractivity contribution in [2.75, 3.05) is 7.11 Å². The molecule has 0 aromatic rings. The highest BCUT2D eigenvalue weighted by Gasteiger charge is 2.31. The summed E-state index contributed by atoms with van der Waals surface area (Å²) in [6.07, 6.45) is 4.32. The Hall–Kier alpha value is -0.790. The molecule has 2 heteroatoms. The van der Waals surface area contributed by atoms with Crippen molar-refractivity contribution in [2.24, 2.45) is 17.8 Å². The number of hydrogen-bond acceptors (Lipinski definition) is 2. The zero-order valence-corrected chi connectivity index (χ0v) is 9.54. The van der Waals surface area contributed by atoms with E-state index in [4.69, 9.17) is 4.74 Å². The largest absolute Gasteiger partial charge is 0.469 e. The molecule has 1 aliphatic rings. The third-order valence-electron chi connectivity index (χ3n) is 3.13. The average Bonchev–Trinajstić information content (AvgIpc) is 2.16. The standard InChI is InChI=1S/C12H20O2/c1-8(2)10-6-5-9(3)7-11(10)12(13)14-4/h7-8,10-11H,5-6H2,1-4H3/t10-,11+/m0/s1. The van der Waals surface area contributed by atoms with Gasteiger partial charge in [-0.15, -0.1) is 0 Å². The summed E-state index contributed by atoms with van der Waals surface area (Å²) in [6.45, 7) is 6.44. The van der Waals surface area contributed by atoms with E-state index in [0.29, 0.717) is 11.8 Å². The van der Waals surface area contributed by atoms with Crippen LogP contribution in [0, 0.1) is 17.8 Å². The summed E-state index contributed by atoms with van der Waals surface area (Å²) in [5, 5.41) is 0. The summed E-state index contributed by atoms with van der Waals surface area (Å²) < 4.78 is 4.83. The highest BCUT2D eigenvalue weighted by molar-refractivity contribution is 5.75. The van der Waals surface area contributed by atoms with E-state index in [9.17, 15) is 4.79 Å². The number of allylic oxidation sites excluding steroid dienone is 1. The van der Waals surface area contributed by atoms with Crippen LogP contribution in [0.5, 0.6) is 0 Å². The number of carbonyl (C=O) groups excluding carboxylic acids is 1. The van der Waals surface area contributed by atoms with Crippen molar-refractivity contribution < 1.29 is 9.53 Å². The first-order chi connectivity index (χ1) is 6.56. The minimum absolute atomic E-state index is 0.0197. The molecule has 0 radical (unpaired) electrons. The Kier molecular flexibility index (Phi) is 3.73. The Morgan fingerprint density at radius 3 is 2.71 bits per heavy atom. The molecule has 0 aromatic carbocycles. The SMILES string of the molecule is COC(=O)[C@@H]1C=C(C)CC[C@H]1C(C)C. The third-order valence-corrected chi connectivity index (χ3v) is 3.13. The highest BCUT2D eigenvalue weighted by Crippen LogP contribution is 2.34. The van der Waals surface area contributed by atoms with Crippen molar-refractivity contribution in [1.82, 2.24) is 0 Å². The van der Waals surface area contributed by atoms with E-state index in [2.05, 4.69) is 26.8 Å². The molecule has 14 heavy (non-hydrogen) atoms. The van der Waals surface area contributed by atoms with Gasteiger partial charge in [-0.05, 0) is 31.6 Å². The Morgan fingerprint density at radius 2 is 2.21 bits per heavy atom. The fraction of sp³-hybridized carbons (Fsp3) is 0.750. The predicted molar refractivity (Wildman–Crippen MR) is 56.8 cm³/mol. The minimum atomic E-state index is -0.0808. The van der Waals surface area contributed by atoms with Crippen LogP contribution in [-0.4, -0.2) is 13.1 Å². The van der Waals surface area contributed by atoms with Crippen LogP contribution >= 0.6 is 0 Å². The fourth-order valence-electron chi connectivity index (χ4n) is 2.21. The van der Waals surface area contributed by atoms with Crippen molar-refractivity contribution in [3.63, 3.8) is 0 Å². The zero-order chi connectivity index (χ0) is 10.7. The molecule has 0 heterocycles. The van der Waals surface area contributed by atoms with Crippen molar-refractivity contribution in [3.8, 4) is 0 Å². The molecular formula is C12H20O2. The van der Waals surface area contributed by atoms with Crippen LogP contribution in [0.25, 0.3) is 0 Å². The van der Waals surface area contributed by atoms with E-state index in [1.54, 1.807) is 0 Å². The number of rotatable bonds is 2. The van der Waals surface area contributed by atoms with Crippen LogP contribution in [0.3, 0.4) is 0 Å². The van der Waals surface area contributed by atoms with Crippen molar-refractivity contribution in [3.05, 3.63) is 11.6 Å². The number of hydrogen-bond donors (Lipinski definition) is 0. The molecule has 2 nitrogen and oxygen atoms in total. The molecule has 0 aromatic heterocycles. The van der Waals surface area contributed by atoms with E-state index >= 15 is 0 Å². The molecule has 0 N–H and O–H groups in total. The fourth-order valence-corrected chi connectivity index (χ4v) is 2.21. The molecule has 1 aliphatic carbocycles. The smallest absolute Gasteiger partial charge is 0.312 e. The van der Waals surface area contributed by atoms with Crippen molar-refractivity contribution >= 4 is 5.97 Å². The summed E-state index contributed by atoms with van der Waals surface area (Å²) >= 11 is 0. The van der Waals surface area contributed by atoms with E-state index < -0.39 is 0 Å². The van der Waals surface area contributed by atoms with Gasteiger partial charge in [0.25, 0.3) is 0 Å². The van der Waals surface area contributed by atoms with Gasteiger partial charge in [-0.2, -0.15) is 0 Å². The first-order valence-electron chi connectivity index (χ1n) is 5.31. The quantitative estimate of drug-likeness (QED) is 0.501. The molecule has 0 saturated carbocycles. The summed E-state index contributed by atoms with van der Waals surface area (Å²) in [5.74, 6) is 0.895. The minimum Gasteiger partial charge on any atom is -0.469 e. The van der Waals surface area contributed by atoms with Gasteiger partial charge in [-0.3, -0.25) is 4.79 Å². The van der Waals surface area contributed by atoms with Crippen molar-refractivity contribution in [2.45, 2.75) is 33.6 Å². The van der Waals surface area contributed by atoms with Gasteiger partial charge in [0, 0.05) is 0 Å². The van der Waals surface area contributed by atoms with Crippen LogP contribution < -0.4 is 0 Å². The summed E-state index contributed by atoms with van der Waals surface area (Å²) in [4.78, 5) is 11.6. The zero-order valence-electron chi connectivity index (χ0n) is 9.54. The lowest BCUT2D eigenvalue weighted by molar-refractivity contribution is -0.146. The van der Waals surface area contributed by atoms with Crippen LogP contribution in [-0.2, 0) is 9.53 Å². The maximum absolute atomic E-state index is 11.6. The van der Waals surface area contributed by atoms with Gasteiger partial charge in [0.15, 0.2) is 0 Å². The van der Waals surface area contributed by atoms with Gasteiger partial charge in [0.2, 0.25) is 0 Å². The van der Waals surface area contributed by atoms with Crippen LogP contribution in [0.15, 0.2) is 11.6 Å². The van der Waals surface area contributed by atoms with Gasteiger partial charge in [-0.1, -0.05) is 25.5 Å². The number of carbonyl (C=O) groups is 1. The molecule has 0 saturated heterocycles. The first kappa shape index (κ1) is 11.3. The Labute approximate surface area is 86.3 Å². The Balaban J connectivity index is 2.82. The molecule has 0 amide bonds. The van der Waals surface area contributed by atoms with Gasteiger partial charge < -0.3 is 4.74 Å². The second-order valence-electron chi connectivity index (χ2n) is 4.51. The van der Waals surface area contributed by atoms with Gasteiger partial charge in [-0.25, -0.2) is 0 Å². The third kappa shape index (κ3) is 2.37. The topological polar surface area (TPSA) is 26.3 Å². The Morgan fingerprint density at radius 1 is 1.57 bits per heavy atom. The van der Waals surface area contributed by atoms with Crippen LogP contribution in [0.1, 0.15) is 33.6 Å². The van der Waals surface area contributed by atoms with Crippen LogP contribution in [0.2, 0.25) is 0 Å². The lowest BCUT2D eigenvalue weighted by Crippen LogP contribution is -2.29. The lowest BCUT2D eigenvalue weighted by atomic mass is 9.75. The summed E-state index contributed by atoms with van der Waals surface area (Å²) in [6, 6.07) is 0. The molecule has 0 aliphatic heterocycles. The predicted octanol–water partition coefficient (Wildman–Crippen LogP) is 2.79. The lowest BCUT2D eigenvalue weighted by Gasteiger charge is -2.30. The van der Waals surface area contributed by atoms with E-state index in [-0.39, 0.29) is 11.9 Å². The first-order valence-corrected chi connectivity index (χ1v) is 5.31.